The second-order valence-corrected chi connectivity index (χ2v) is 8.30. The highest BCUT2D eigenvalue weighted by molar-refractivity contribution is 5.89. The van der Waals surface area contributed by atoms with Crippen molar-refractivity contribution in [1.29, 1.82) is 0 Å². The van der Waals surface area contributed by atoms with Crippen LogP contribution in [0.15, 0.2) is 30.3 Å². The molecule has 0 spiro atoms. The Morgan fingerprint density at radius 2 is 1.78 bits per heavy atom. The fourth-order valence-electron chi connectivity index (χ4n) is 3.07. The molecular formula is C22H31N3O7. The molecule has 1 atom stereocenters. The quantitative estimate of drug-likeness (QED) is 0.495. The number of alkyl carbamates (subject to hydrolysis) is 1. The van der Waals surface area contributed by atoms with E-state index in [0.29, 0.717) is 12.0 Å². The van der Waals surface area contributed by atoms with Crippen LogP contribution in [0.1, 0.15) is 44.0 Å². The maximum Gasteiger partial charge on any atom is 0.407 e. The molecule has 0 aromatic heterocycles. The molecule has 10 heteroatoms. The molecule has 1 aliphatic rings. The van der Waals surface area contributed by atoms with Crippen molar-refractivity contribution in [2.75, 3.05) is 33.3 Å². The summed E-state index contributed by atoms with van der Waals surface area (Å²) in [6.45, 7) is 6.08. The Kier molecular flexibility index (Phi) is 9.01. The molecule has 1 aromatic rings. The Balaban J connectivity index is 1.86. The number of carbonyl (C=O) groups is 4. The highest BCUT2D eigenvalue weighted by Gasteiger charge is 2.37. The molecule has 1 fully saturated rings. The van der Waals surface area contributed by atoms with Gasteiger partial charge in [0.25, 0.3) is 0 Å². The molecule has 0 radical (unpaired) electrons. The van der Waals surface area contributed by atoms with Crippen LogP contribution in [0.4, 0.5) is 4.79 Å². The number of esters is 1. The molecule has 1 saturated heterocycles. The van der Waals surface area contributed by atoms with Gasteiger partial charge in [0.05, 0.1) is 25.8 Å². The fraction of sp³-hybridized carbons (Fsp3) is 0.545. The molecule has 2 amide bonds. The van der Waals surface area contributed by atoms with E-state index in [1.807, 2.05) is 0 Å². The minimum atomic E-state index is -0.926. The van der Waals surface area contributed by atoms with Gasteiger partial charge in [-0.1, -0.05) is 18.2 Å². The first-order valence-corrected chi connectivity index (χ1v) is 10.5. The van der Waals surface area contributed by atoms with Gasteiger partial charge in [0.2, 0.25) is 5.91 Å². The molecule has 1 aromatic carbocycles. The van der Waals surface area contributed by atoms with Crippen LogP contribution < -0.4 is 5.32 Å². The maximum atomic E-state index is 12.6. The predicted molar refractivity (Wildman–Crippen MR) is 114 cm³/mol. The third-order valence-electron chi connectivity index (χ3n) is 4.60. The van der Waals surface area contributed by atoms with Gasteiger partial charge in [0.1, 0.15) is 5.60 Å². The highest BCUT2D eigenvalue weighted by Crippen LogP contribution is 2.15. The van der Waals surface area contributed by atoms with Gasteiger partial charge in [-0.05, 0) is 39.3 Å². The lowest BCUT2D eigenvalue weighted by Crippen LogP contribution is -2.58. The van der Waals surface area contributed by atoms with Gasteiger partial charge in [-0.25, -0.2) is 9.59 Å². The fourth-order valence-corrected chi connectivity index (χ4v) is 3.07. The number of methoxy groups -OCH3 is 1. The van der Waals surface area contributed by atoms with E-state index < -0.39 is 29.7 Å². The topological polar surface area (TPSA) is 114 Å². The lowest BCUT2D eigenvalue weighted by Gasteiger charge is -2.38. The number of hydrogen-bond donors (Lipinski definition) is 1. The number of piperazine rings is 1. The molecule has 1 unspecified atom stereocenters. The minimum Gasteiger partial charge on any atom is -0.468 e. The summed E-state index contributed by atoms with van der Waals surface area (Å²) >= 11 is 0. The normalized spacial score (nSPS) is 16.8. The standard InChI is InChI=1S/C22H31N3O7/c1-22(2,3)31-21(29)23-12-8-11-18(26)24-13-14-25(17(15-24)20(28)30-4)32-19(27)16-9-6-5-7-10-16/h5-7,9-10,17H,8,11-15H2,1-4H3,(H,23,29). The van der Waals surface area contributed by atoms with E-state index in [1.54, 1.807) is 51.1 Å². The van der Waals surface area contributed by atoms with Gasteiger partial charge in [-0.2, -0.15) is 0 Å². The average Bonchev–Trinajstić information content (AvgIpc) is 2.75. The van der Waals surface area contributed by atoms with Gasteiger partial charge in [0.15, 0.2) is 6.04 Å². The van der Waals surface area contributed by atoms with Gasteiger partial charge in [-0.3, -0.25) is 9.59 Å². The lowest BCUT2D eigenvalue weighted by molar-refractivity contribution is -0.188. The SMILES string of the molecule is COC(=O)C1CN(C(=O)CCCNC(=O)OC(C)(C)C)CCN1OC(=O)c1ccccc1. The van der Waals surface area contributed by atoms with Gasteiger partial charge >= 0.3 is 18.0 Å². The van der Waals surface area contributed by atoms with Crippen molar-refractivity contribution in [2.24, 2.45) is 0 Å². The van der Waals surface area contributed by atoms with E-state index in [4.69, 9.17) is 14.3 Å². The Morgan fingerprint density at radius 1 is 1.09 bits per heavy atom. The van der Waals surface area contributed by atoms with E-state index in [0.717, 1.165) is 0 Å². The predicted octanol–water partition coefficient (Wildman–Crippen LogP) is 1.75. The number of ether oxygens (including phenoxy) is 2. The number of hydroxylamine groups is 2. The first-order valence-electron chi connectivity index (χ1n) is 10.5. The van der Waals surface area contributed by atoms with Crippen LogP contribution >= 0.6 is 0 Å². The van der Waals surface area contributed by atoms with Crippen molar-refractivity contribution >= 4 is 23.9 Å². The molecule has 0 aliphatic carbocycles. The molecule has 176 valence electrons. The number of nitrogens with one attached hydrogen (secondary N) is 1. The monoisotopic (exact) mass is 449 g/mol. The third-order valence-corrected chi connectivity index (χ3v) is 4.60. The summed E-state index contributed by atoms with van der Waals surface area (Å²) in [4.78, 5) is 55.8. The molecule has 0 saturated carbocycles. The van der Waals surface area contributed by atoms with Crippen LogP contribution in [0.2, 0.25) is 0 Å². The average molecular weight is 450 g/mol. The van der Waals surface area contributed by atoms with E-state index in [-0.39, 0.29) is 38.5 Å². The van der Waals surface area contributed by atoms with Crippen LogP contribution in [0.25, 0.3) is 0 Å². The molecule has 10 nitrogen and oxygen atoms in total. The van der Waals surface area contributed by atoms with E-state index in [1.165, 1.54) is 17.1 Å². The summed E-state index contributed by atoms with van der Waals surface area (Å²) < 4.78 is 9.97. The van der Waals surface area contributed by atoms with Crippen molar-refractivity contribution in [3.05, 3.63) is 35.9 Å². The minimum absolute atomic E-state index is 0.0348. The zero-order chi connectivity index (χ0) is 23.7. The number of rotatable bonds is 7. The largest absolute Gasteiger partial charge is 0.468 e. The number of nitrogens with zero attached hydrogens (tertiary/aromatic N) is 2. The summed E-state index contributed by atoms with van der Waals surface area (Å²) in [5.74, 6) is -1.36. The number of carbonyl (C=O) groups excluding carboxylic acids is 4. The number of amides is 2. The van der Waals surface area contributed by atoms with Crippen LogP contribution in [-0.4, -0.2) is 78.8 Å². The van der Waals surface area contributed by atoms with Gasteiger partial charge < -0.3 is 24.5 Å². The Labute approximate surface area is 187 Å². The number of benzene rings is 1. The van der Waals surface area contributed by atoms with Crippen molar-refractivity contribution < 1.29 is 33.5 Å². The lowest BCUT2D eigenvalue weighted by atomic mass is 10.1. The van der Waals surface area contributed by atoms with Crippen molar-refractivity contribution in [1.82, 2.24) is 15.3 Å². The summed E-state index contributed by atoms with van der Waals surface area (Å²) in [5.41, 5.74) is -0.237. The Bertz CT molecular complexity index is 807. The molecule has 0 bridgehead atoms. The zero-order valence-corrected chi connectivity index (χ0v) is 19.0. The summed E-state index contributed by atoms with van der Waals surface area (Å²) in [5, 5.41) is 3.87. The molecular weight excluding hydrogens is 418 g/mol. The second-order valence-electron chi connectivity index (χ2n) is 8.30. The summed E-state index contributed by atoms with van der Waals surface area (Å²) in [7, 11) is 1.24. The first kappa shape index (κ1) is 25.1. The van der Waals surface area contributed by atoms with Gasteiger partial charge in [0, 0.05) is 19.5 Å². The maximum absolute atomic E-state index is 12.6. The zero-order valence-electron chi connectivity index (χ0n) is 19.0. The number of hydrogen-bond acceptors (Lipinski definition) is 8. The van der Waals surface area contributed by atoms with Crippen molar-refractivity contribution in [3.63, 3.8) is 0 Å². The van der Waals surface area contributed by atoms with Gasteiger partial charge in [-0.15, -0.1) is 5.06 Å². The summed E-state index contributed by atoms with van der Waals surface area (Å²) in [6.07, 6.45) is 0.0713. The van der Waals surface area contributed by atoms with E-state index >= 15 is 0 Å². The molecule has 1 N–H and O–H groups in total. The Hall–Kier alpha value is -3.14. The van der Waals surface area contributed by atoms with Crippen molar-refractivity contribution in [3.8, 4) is 0 Å². The van der Waals surface area contributed by atoms with Crippen LogP contribution in [0, 0.1) is 0 Å². The highest BCUT2D eigenvalue weighted by atomic mass is 16.7. The van der Waals surface area contributed by atoms with Crippen molar-refractivity contribution in [2.45, 2.75) is 45.3 Å². The van der Waals surface area contributed by atoms with Crippen LogP contribution in [0.3, 0.4) is 0 Å². The summed E-state index contributed by atoms with van der Waals surface area (Å²) in [6, 6.07) is 7.50. The molecule has 32 heavy (non-hydrogen) atoms. The molecule has 1 heterocycles. The van der Waals surface area contributed by atoms with E-state index in [9.17, 15) is 19.2 Å². The first-order chi connectivity index (χ1) is 15.1. The van der Waals surface area contributed by atoms with Crippen LogP contribution in [-0.2, 0) is 23.9 Å². The van der Waals surface area contributed by atoms with E-state index in [2.05, 4.69) is 5.32 Å². The smallest absolute Gasteiger partial charge is 0.407 e. The Morgan fingerprint density at radius 3 is 2.41 bits per heavy atom. The molecule has 2 rings (SSSR count). The third kappa shape index (κ3) is 7.84. The van der Waals surface area contributed by atoms with Crippen LogP contribution in [0.5, 0.6) is 0 Å². The molecule has 1 aliphatic heterocycles. The second kappa shape index (κ2) is 11.5.